The number of anilines is 1. The predicted molar refractivity (Wildman–Crippen MR) is 67.0 cm³/mol. The molecular formula is C11H18N4O3. The van der Waals surface area contributed by atoms with Crippen LogP contribution in [-0.4, -0.2) is 41.5 Å². The Balaban J connectivity index is 2.94. The van der Waals surface area contributed by atoms with E-state index in [1.54, 1.807) is 6.92 Å². The highest BCUT2D eigenvalue weighted by Crippen LogP contribution is 2.05. The van der Waals surface area contributed by atoms with Gasteiger partial charge in [0, 0.05) is 0 Å². The second-order valence-corrected chi connectivity index (χ2v) is 4.10. The second kappa shape index (κ2) is 6.15. The molecule has 0 aliphatic rings. The van der Waals surface area contributed by atoms with Crippen LogP contribution in [0.4, 0.5) is 5.82 Å². The van der Waals surface area contributed by atoms with Gasteiger partial charge in [0.25, 0.3) is 5.56 Å². The fourth-order valence-corrected chi connectivity index (χ4v) is 1.47. The fraction of sp³-hybridized carbons (Fsp3) is 0.545. The van der Waals surface area contributed by atoms with Crippen LogP contribution in [0.5, 0.6) is 0 Å². The lowest BCUT2D eigenvalue weighted by atomic mass is 10.2. The average molecular weight is 254 g/mol. The summed E-state index contributed by atoms with van der Waals surface area (Å²) >= 11 is 0. The minimum absolute atomic E-state index is 0.0728. The summed E-state index contributed by atoms with van der Waals surface area (Å²) in [6.07, 6.45) is -0.162. The Kier molecular flexibility index (Phi) is 4.85. The van der Waals surface area contributed by atoms with Crippen LogP contribution < -0.4 is 11.3 Å². The lowest BCUT2D eigenvalue weighted by Gasteiger charge is -2.10. The molecule has 0 fully saturated rings. The van der Waals surface area contributed by atoms with Gasteiger partial charge in [0.15, 0.2) is 0 Å². The highest BCUT2D eigenvalue weighted by molar-refractivity contribution is 5.74. The molecule has 0 radical (unpaired) electrons. The van der Waals surface area contributed by atoms with Crippen LogP contribution in [0, 0.1) is 0 Å². The summed E-state index contributed by atoms with van der Waals surface area (Å²) in [6.45, 7) is 2.44. The van der Waals surface area contributed by atoms with Crippen molar-refractivity contribution in [1.82, 2.24) is 14.9 Å². The lowest BCUT2D eigenvalue weighted by molar-refractivity contribution is -0.142. The highest BCUT2D eigenvalue weighted by Gasteiger charge is 2.14. The molecule has 0 unspecified atom stereocenters. The van der Waals surface area contributed by atoms with Crippen LogP contribution >= 0.6 is 0 Å². The van der Waals surface area contributed by atoms with Crippen molar-refractivity contribution in [2.24, 2.45) is 0 Å². The van der Waals surface area contributed by atoms with Gasteiger partial charge in [0.2, 0.25) is 0 Å². The first-order chi connectivity index (χ1) is 8.43. The summed E-state index contributed by atoms with van der Waals surface area (Å²) in [6, 6.07) is 0. The number of nitrogens with two attached hydrogens (primary N) is 1. The molecule has 0 aromatic carbocycles. The summed E-state index contributed by atoms with van der Waals surface area (Å²) < 4.78 is 4.77. The van der Waals surface area contributed by atoms with Gasteiger partial charge in [-0.3, -0.25) is 9.59 Å². The van der Waals surface area contributed by atoms with Gasteiger partial charge in [-0.25, -0.2) is 4.98 Å². The van der Waals surface area contributed by atoms with Gasteiger partial charge in [0.05, 0.1) is 25.1 Å². The number of carbonyl (C=O) groups excluding carboxylic acids is 1. The summed E-state index contributed by atoms with van der Waals surface area (Å²) in [5.41, 5.74) is 5.44. The molecule has 100 valence electrons. The number of hydrogen-bond acceptors (Lipinski definition) is 6. The first-order valence-electron chi connectivity index (χ1n) is 5.62. The van der Waals surface area contributed by atoms with Gasteiger partial charge in [0.1, 0.15) is 11.6 Å². The average Bonchev–Trinajstić information content (AvgIpc) is 2.23. The zero-order valence-corrected chi connectivity index (χ0v) is 10.8. The highest BCUT2D eigenvalue weighted by atomic mass is 16.5. The Bertz CT molecular complexity index is 482. The van der Waals surface area contributed by atoms with Crippen molar-refractivity contribution >= 4 is 11.8 Å². The number of esters is 1. The molecule has 3 N–H and O–H groups in total. The number of aromatic nitrogens is 2. The number of nitrogens with zero attached hydrogens (tertiary/aromatic N) is 2. The summed E-state index contributed by atoms with van der Waals surface area (Å²) in [5.74, 6) is 0.0515. The normalized spacial score (nSPS) is 10.7. The quantitative estimate of drug-likeness (QED) is 0.688. The molecule has 18 heavy (non-hydrogen) atoms. The minimum atomic E-state index is -0.489. The fourth-order valence-electron chi connectivity index (χ4n) is 1.47. The molecular weight excluding hydrogens is 236 g/mol. The molecule has 0 bridgehead atoms. The number of nitrogens with one attached hydrogen (secondary N) is 1. The van der Waals surface area contributed by atoms with Crippen LogP contribution in [0.25, 0.3) is 0 Å². The number of ether oxygens (including phenoxy) is 1. The molecule has 1 aromatic rings. The van der Waals surface area contributed by atoms with Gasteiger partial charge in [-0.1, -0.05) is 0 Å². The SMILES string of the molecule is CCOC(=O)Cc1c(N)nc(CN(C)C)[nH]c1=O. The van der Waals surface area contributed by atoms with E-state index in [1.807, 2.05) is 19.0 Å². The Morgan fingerprint density at radius 1 is 1.50 bits per heavy atom. The Morgan fingerprint density at radius 3 is 2.67 bits per heavy atom. The van der Waals surface area contributed by atoms with Crippen LogP contribution in [0.2, 0.25) is 0 Å². The summed E-state index contributed by atoms with van der Waals surface area (Å²) in [5, 5.41) is 0. The molecule has 1 heterocycles. The number of aromatic amines is 1. The van der Waals surface area contributed by atoms with E-state index in [0.29, 0.717) is 12.4 Å². The maximum absolute atomic E-state index is 11.8. The van der Waals surface area contributed by atoms with Crippen LogP contribution in [0.1, 0.15) is 18.3 Å². The van der Waals surface area contributed by atoms with Crippen molar-refractivity contribution in [2.45, 2.75) is 19.9 Å². The maximum Gasteiger partial charge on any atom is 0.310 e. The minimum Gasteiger partial charge on any atom is -0.466 e. The van der Waals surface area contributed by atoms with Gasteiger partial charge >= 0.3 is 5.97 Å². The summed E-state index contributed by atoms with van der Waals surface area (Å²) in [4.78, 5) is 31.6. The third-order valence-corrected chi connectivity index (χ3v) is 2.19. The molecule has 0 amide bonds. The predicted octanol–water partition coefficient (Wildman–Crippen LogP) is -0.481. The van der Waals surface area contributed by atoms with Gasteiger partial charge < -0.3 is 20.4 Å². The maximum atomic E-state index is 11.8. The smallest absolute Gasteiger partial charge is 0.310 e. The van der Waals surface area contributed by atoms with Gasteiger partial charge in [-0.15, -0.1) is 0 Å². The van der Waals surface area contributed by atoms with Crippen molar-refractivity contribution < 1.29 is 9.53 Å². The van der Waals surface area contributed by atoms with Crippen molar-refractivity contribution in [3.8, 4) is 0 Å². The van der Waals surface area contributed by atoms with Crippen molar-refractivity contribution in [3.63, 3.8) is 0 Å². The number of rotatable bonds is 5. The van der Waals surface area contributed by atoms with E-state index in [9.17, 15) is 9.59 Å². The zero-order valence-electron chi connectivity index (χ0n) is 10.8. The van der Waals surface area contributed by atoms with Crippen molar-refractivity contribution in [2.75, 3.05) is 26.4 Å². The Hall–Kier alpha value is -1.89. The van der Waals surface area contributed by atoms with E-state index >= 15 is 0 Å². The lowest BCUT2D eigenvalue weighted by Crippen LogP contribution is -2.25. The van der Waals surface area contributed by atoms with Gasteiger partial charge in [-0.05, 0) is 21.0 Å². The Morgan fingerprint density at radius 2 is 2.17 bits per heavy atom. The van der Waals surface area contributed by atoms with Crippen molar-refractivity contribution in [3.05, 3.63) is 21.7 Å². The third-order valence-electron chi connectivity index (χ3n) is 2.19. The first kappa shape index (κ1) is 14.2. The molecule has 0 saturated heterocycles. The molecule has 0 atom stereocenters. The third kappa shape index (κ3) is 3.85. The first-order valence-corrected chi connectivity index (χ1v) is 5.62. The number of H-pyrrole nitrogens is 1. The zero-order chi connectivity index (χ0) is 13.7. The van der Waals surface area contributed by atoms with E-state index in [4.69, 9.17) is 10.5 Å². The van der Waals surface area contributed by atoms with E-state index < -0.39 is 11.5 Å². The molecule has 0 saturated carbocycles. The van der Waals surface area contributed by atoms with Crippen LogP contribution in [0.3, 0.4) is 0 Å². The molecule has 0 aliphatic heterocycles. The summed E-state index contributed by atoms with van der Waals surface area (Å²) in [7, 11) is 3.70. The molecule has 7 nitrogen and oxygen atoms in total. The van der Waals surface area contributed by atoms with E-state index in [-0.39, 0.29) is 24.4 Å². The van der Waals surface area contributed by atoms with E-state index in [0.717, 1.165) is 0 Å². The molecule has 0 spiro atoms. The molecule has 0 aliphatic carbocycles. The van der Waals surface area contributed by atoms with E-state index in [1.165, 1.54) is 0 Å². The Labute approximate surface area is 105 Å². The number of carbonyl (C=O) groups is 1. The second-order valence-electron chi connectivity index (χ2n) is 4.10. The van der Waals surface area contributed by atoms with Gasteiger partial charge in [-0.2, -0.15) is 0 Å². The molecule has 1 rings (SSSR count). The van der Waals surface area contributed by atoms with Crippen LogP contribution in [-0.2, 0) is 22.5 Å². The van der Waals surface area contributed by atoms with E-state index in [2.05, 4.69) is 9.97 Å². The monoisotopic (exact) mass is 254 g/mol. The standard InChI is InChI=1S/C11H18N4O3/c1-4-18-9(16)5-7-10(12)13-8(6-15(2)3)14-11(7)17/h4-6H2,1-3H3,(H3,12,13,14,17). The molecule has 1 aromatic heterocycles. The number of nitrogen functional groups attached to an aromatic ring is 1. The molecule has 7 heteroatoms. The largest absolute Gasteiger partial charge is 0.466 e. The number of hydrogen-bond donors (Lipinski definition) is 2. The van der Waals surface area contributed by atoms with Crippen LogP contribution in [0.15, 0.2) is 4.79 Å². The van der Waals surface area contributed by atoms with Crippen molar-refractivity contribution in [1.29, 1.82) is 0 Å². The topological polar surface area (TPSA) is 101 Å².